The average molecular weight is 756 g/mol. The van der Waals surface area contributed by atoms with E-state index in [1.165, 1.54) is 6.92 Å². The van der Waals surface area contributed by atoms with Gasteiger partial charge in [-0.25, -0.2) is 19.9 Å². The number of anilines is 1. The molecule has 1 N–H and O–H groups in total. The molecule has 11 nitrogen and oxygen atoms in total. The van der Waals surface area contributed by atoms with E-state index in [2.05, 4.69) is 67.4 Å². The summed E-state index contributed by atoms with van der Waals surface area (Å²) in [4.78, 5) is 61.3. The number of rotatable bonds is 8. The van der Waals surface area contributed by atoms with Crippen LogP contribution in [-0.4, -0.2) is 64.3 Å². The third kappa shape index (κ3) is 6.25. The fourth-order valence-corrected chi connectivity index (χ4v) is 8.74. The van der Waals surface area contributed by atoms with E-state index < -0.39 is 6.04 Å². The lowest BCUT2D eigenvalue weighted by atomic mass is 9.62. The van der Waals surface area contributed by atoms with Crippen molar-refractivity contribution in [1.82, 2.24) is 34.6 Å². The van der Waals surface area contributed by atoms with Crippen LogP contribution in [0.3, 0.4) is 0 Å². The molecule has 0 bridgehead atoms. The van der Waals surface area contributed by atoms with Gasteiger partial charge < -0.3 is 10.2 Å². The lowest BCUT2D eigenvalue weighted by Crippen LogP contribution is -2.54. The highest BCUT2D eigenvalue weighted by Gasteiger charge is 2.61. The molecular weight excluding hydrogens is 716 g/mol. The zero-order valence-corrected chi connectivity index (χ0v) is 31.4. The Morgan fingerprint density at radius 1 is 1.06 bits per heavy atom. The first kappa shape index (κ1) is 34.1. The molecule has 13 heteroatoms. The number of nitrogens with one attached hydrogen (secondary N) is 1. The van der Waals surface area contributed by atoms with E-state index in [9.17, 15) is 14.4 Å². The molecule has 0 unspecified atom stereocenters. The molecule has 7 rings (SSSR count). The molecular formula is C37H39BrN8O3S. The van der Waals surface area contributed by atoms with Gasteiger partial charge in [-0.1, -0.05) is 32.9 Å². The van der Waals surface area contributed by atoms with Crippen molar-refractivity contribution in [3.63, 3.8) is 0 Å². The number of ketones is 1. The van der Waals surface area contributed by atoms with E-state index in [1.807, 2.05) is 44.2 Å². The first-order valence-electron chi connectivity index (χ1n) is 16.7. The smallest absolute Gasteiger partial charge is 0.248 e. The second kappa shape index (κ2) is 12.8. The Morgan fingerprint density at radius 3 is 2.48 bits per heavy atom. The van der Waals surface area contributed by atoms with Crippen LogP contribution in [0.25, 0.3) is 22.0 Å². The molecule has 2 aliphatic rings. The van der Waals surface area contributed by atoms with Crippen molar-refractivity contribution < 1.29 is 14.4 Å². The van der Waals surface area contributed by atoms with Crippen molar-refractivity contribution in [1.29, 1.82) is 0 Å². The van der Waals surface area contributed by atoms with Gasteiger partial charge in [-0.15, -0.1) is 11.3 Å². The molecule has 1 saturated carbocycles. The topological polar surface area (TPSA) is 136 Å². The number of aromatic nitrogens is 6. The Labute approximate surface area is 303 Å². The standard InChI is InChI=1S/C37H39BrN8O3S/c1-20-7-10-30(38)42-34(20)43-35(49)27-14-37(15-31-41-28(19-50-31)36(4,5)6)12-11-29(37)46(27)32(48)18-45-26-9-8-23(24-16-39-22(3)40-17-24)13-25(26)33(44-45)21(2)47/h7-10,13,16-17,19,27,29H,11-12,14-15,18H2,1-6H3,(H,42,43,49)/t27-,29+,37+/m0/s1. The molecule has 0 spiro atoms. The van der Waals surface area contributed by atoms with E-state index in [0.717, 1.165) is 40.2 Å². The number of thiazole rings is 1. The minimum atomic E-state index is -0.709. The Balaban J connectivity index is 1.22. The maximum Gasteiger partial charge on any atom is 0.248 e. The molecule has 1 aliphatic carbocycles. The Bertz CT molecular complexity index is 2150. The number of pyridine rings is 1. The summed E-state index contributed by atoms with van der Waals surface area (Å²) in [5.74, 6) is 0.429. The molecule has 5 aromatic rings. The number of fused-ring (bicyclic) bond motifs is 2. The van der Waals surface area contributed by atoms with E-state index in [-0.39, 0.29) is 46.7 Å². The third-order valence-electron chi connectivity index (χ3n) is 10.1. The number of carbonyl (C=O) groups is 3. The van der Waals surface area contributed by atoms with Gasteiger partial charge in [0.2, 0.25) is 11.8 Å². The molecule has 5 heterocycles. The van der Waals surface area contributed by atoms with Crippen LogP contribution in [-0.2, 0) is 28.0 Å². The van der Waals surface area contributed by atoms with Crippen LogP contribution in [0.5, 0.6) is 0 Å². The summed E-state index contributed by atoms with van der Waals surface area (Å²) < 4.78 is 2.20. The highest BCUT2D eigenvalue weighted by Crippen LogP contribution is 2.56. The van der Waals surface area contributed by atoms with Gasteiger partial charge in [0.05, 0.1) is 16.2 Å². The second-order valence-electron chi connectivity index (χ2n) is 14.6. The quantitative estimate of drug-likeness (QED) is 0.134. The fourth-order valence-electron chi connectivity index (χ4n) is 7.26. The van der Waals surface area contributed by atoms with Crippen molar-refractivity contribution in [3.8, 4) is 11.1 Å². The first-order chi connectivity index (χ1) is 23.7. The van der Waals surface area contributed by atoms with Gasteiger partial charge in [-0.3, -0.25) is 19.1 Å². The number of amides is 2. The van der Waals surface area contributed by atoms with Gasteiger partial charge >= 0.3 is 0 Å². The Hall–Kier alpha value is -4.36. The Kier molecular flexibility index (Phi) is 8.70. The van der Waals surface area contributed by atoms with E-state index in [4.69, 9.17) is 4.98 Å². The van der Waals surface area contributed by atoms with Crippen LogP contribution in [0.1, 0.15) is 79.5 Å². The average Bonchev–Trinajstić information content (AvgIpc) is 3.73. The van der Waals surface area contributed by atoms with Crippen LogP contribution in [0.4, 0.5) is 5.82 Å². The minimum Gasteiger partial charge on any atom is -0.325 e. The number of nitrogens with zero attached hydrogens (tertiary/aromatic N) is 7. The van der Waals surface area contributed by atoms with Crippen molar-refractivity contribution in [3.05, 3.63) is 80.5 Å². The highest BCUT2D eigenvalue weighted by atomic mass is 79.9. The lowest BCUT2D eigenvalue weighted by Gasteiger charge is -2.47. The van der Waals surface area contributed by atoms with E-state index in [0.29, 0.717) is 40.0 Å². The molecule has 0 radical (unpaired) electrons. The van der Waals surface area contributed by atoms with Crippen LogP contribution in [0.15, 0.2) is 52.7 Å². The zero-order valence-electron chi connectivity index (χ0n) is 29.0. The first-order valence-corrected chi connectivity index (χ1v) is 18.4. The third-order valence-corrected chi connectivity index (χ3v) is 11.4. The number of carbonyl (C=O) groups excluding carboxylic acids is 3. The van der Waals surface area contributed by atoms with Crippen molar-refractivity contribution in [2.75, 3.05) is 5.32 Å². The lowest BCUT2D eigenvalue weighted by molar-refractivity contribution is -0.141. The summed E-state index contributed by atoms with van der Waals surface area (Å²) in [5.41, 5.74) is 4.13. The molecule has 1 aliphatic heterocycles. The molecule has 258 valence electrons. The van der Waals surface area contributed by atoms with Crippen molar-refractivity contribution in [2.45, 2.75) is 91.3 Å². The minimum absolute atomic E-state index is 0.0692. The van der Waals surface area contributed by atoms with E-state index in [1.54, 1.807) is 33.3 Å². The summed E-state index contributed by atoms with van der Waals surface area (Å²) in [6.07, 6.45) is 6.40. The van der Waals surface area contributed by atoms with Crippen molar-refractivity contribution in [2.24, 2.45) is 5.41 Å². The fraction of sp³-hybridized carbons (Fsp3) is 0.405. The SMILES string of the molecule is CC(=O)c1nn(CC(=O)N2[C@H](C(=O)Nc3nc(Br)ccc3C)C[C@@]3(Cc4nc(C(C)(C)C)cs4)CC[C@@H]23)c2ccc(-c3cnc(C)nc3)cc12. The molecule has 2 amide bonds. The van der Waals surface area contributed by atoms with E-state index >= 15 is 0 Å². The summed E-state index contributed by atoms with van der Waals surface area (Å²) in [6, 6.07) is 8.55. The van der Waals surface area contributed by atoms with Gasteiger partial charge in [0.15, 0.2) is 5.78 Å². The molecule has 4 aromatic heterocycles. The Morgan fingerprint density at radius 2 is 1.82 bits per heavy atom. The number of Topliss-reactive ketones (excluding diaryl/α,β-unsaturated/α-hetero) is 1. The molecule has 3 atom stereocenters. The molecule has 50 heavy (non-hydrogen) atoms. The van der Waals surface area contributed by atoms with Crippen LogP contribution < -0.4 is 5.32 Å². The molecule has 1 aromatic carbocycles. The van der Waals surface area contributed by atoms with Gasteiger partial charge in [0, 0.05) is 53.5 Å². The summed E-state index contributed by atoms with van der Waals surface area (Å²) in [7, 11) is 0. The number of hydrogen-bond donors (Lipinski definition) is 1. The monoisotopic (exact) mass is 754 g/mol. The highest BCUT2D eigenvalue weighted by molar-refractivity contribution is 9.10. The predicted octanol–water partition coefficient (Wildman–Crippen LogP) is 6.86. The summed E-state index contributed by atoms with van der Waals surface area (Å²) in [6.45, 7) is 11.5. The van der Waals surface area contributed by atoms with Crippen molar-refractivity contribution >= 4 is 61.6 Å². The van der Waals surface area contributed by atoms with Gasteiger partial charge in [0.1, 0.15) is 34.5 Å². The normalized spacial score (nSPS) is 20.1. The largest absolute Gasteiger partial charge is 0.325 e. The van der Waals surface area contributed by atoms with Gasteiger partial charge in [-0.05, 0) is 83.8 Å². The molecule has 1 saturated heterocycles. The van der Waals surface area contributed by atoms with Crippen LogP contribution in [0, 0.1) is 19.3 Å². The number of hydrogen-bond acceptors (Lipinski definition) is 9. The van der Waals surface area contributed by atoms with Crippen LogP contribution in [0.2, 0.25) is 0 Å². The number of halogens is 1. The maximum absolute atomic E-state index is 14.5. The van der Waals surface area contributed by atoms with Gasteiger partial charge in [-0.2, -0.15) is 5.10 Å². The summed E-state index contributed by atoms with van der Waals surface area (Å²) >= 11 is 5.06. The maximum atomic E-state index is 14.5. The van der Waals surface area contributed by atoms with Gasteiger partial charge in [0.25, 0.3) is 0 Å². The zero-order chi connectivity index (χ0) is 35.5. The molecule has 2 fully saturated rings. The summed E-state index contributed by atoms with van der Waals surface area (Å²) in [5, 5.41) is 11.5. The number of benzene rings is 1. The predicted molar refractivity (Wildman–Crippen MR) is 196 cm³/mol. The second-order valence-corrected chi connectivity index (χ2v) is 16.3. The number of likely N-dealkylation sites (tertiary alicyclic amines) is 1. The van der Waals surface area contributed by atoms with Crippen LogP contribution >= 0.6 is 27.3 Å². The number of aryl methyl sites for hydroxylation is 2.